The van der Waals surface area contributed by atoms with E-state index in [1.165, 1.54) is 11.1 Å². The van der Waals surface area contributed by atoms with Crippen molar-refractivity contribution >= 4 is 121 Å². The monoisotopic (exact) mass is 866 g/mol. The molecule has 67 heavy (non-hydrogen) atoms. The Bertz CT molecular complexity index is 3990. The lowest BCUT2D eigenvalue weighted by molar-refractivity contribution is 0.664. The van der Waals surface area contributed by atoms with Crippen LogP contribution in [-0.4, -0.2) is 0 Å². The van der Waals surface area contributed by atoms with E-state index in [4.69, 9.17) is 13.3 Å². The van der Waals surface area contributed by atoms with Crippen LogP contribution in [0.15, 0.2) is 207 Å². The first-order chi connectivity index (χ1) is 32.8. The molecule has 13 aromatic rings. The summed E-state index contributed by atoms with van der Waals surface area (Å²) < 4.78 is 20.0. The Morgan fingerprint density at radius 2 is 0.761 bits per heavy atom. The molecule has 0 aliphatic carbocycles. The first kappa shape index (κ1) is 39.1. The topological polar surface area (TPSA) is 45.9 Å². The first-order valence-corrected chi connectivity index (χ1v) is 23.3. The Labute approximate surface area is 387 Å². The summed E-state index contributed by atoms with van der Waals surface area (Å²) in [4.78, 5) is 4.63. The van der Waals surface area contributed by atoms with E-state index in [1.807, 2.05) is 12.1 Å². The van der Waals surface area contributed by atoms with Gasteiger partial charge in [-0.1, -0.05) is 113 Å². The predicted octanol–water partition coefficient (Wildman–Crippen LogP) is 18.9. The Morgan fingerprint density at radius 3 is 1.33 bits per heavy atom. The zero-order chi connectivity index (χ0) is 44.9. The summed E-state index contributed by atoms with van der Waals surface area (Å²) in [5, 5.41) is 10.9. The Kier molecular flexibility index (Phi) is 8.84. The number of furan rings is 3. The van der Waals surface area contributed by atoms with E-state index in [0.717, 1.165) is 121 Å². The third kappa shape index (κ3) is 6.45. The summed E-state index contributed by atoms with van der Waals surface area (Å²) in [6, 6.07) is 69.6. The summed E-state index contributed by atoms with van der Waals surface area (Å²) in [5.41, 5.74) is 14.1. The van der Waals surface area contributed by atoms with E-state index >= 15 is 0 Å². The number of hydrogen-bond donors (Lipinski definition) is 0. The van der Waals surface area contributed by atoms with Gasteiger partial charge in [0.25, 0.3) is 0 Å². The molecule has 0 atom stereocenters. The SMILES string of the molecule is CC(C)c1ccc(N(c2ccc(C(C)C)cc2)c2ccc3cc4c(cc3c2)oc2cc3c(cc24)oc2cc4cc(N(c5ccccc5)c5cccc6c5oc5ccccc56)ccc4cc23)cc1. The summed E-state index contributed by atoms with van der Waals surface area (Å²) >= 11 is 0. The number of fused-ring (bicyclic) bond motifs is 11. The van der Waals surface area contributed by atoms with Gasteiger partial charge in [-0.3, -0.25) is 0 Å². The minimum atomic E-state index is 0.464. The average molecular weight is 867 g/mol. The Balaban J connectivity index is 0.894. The van der Waals surface area contributed by atoms with Gasteiger partial charge >= 0.3 is 0 Å². The highest BCUT2D eigenvalue weighted by Crippen LogP contribution is 2.45. The van der Waals surface area contributed by atoms with Gasteiger partial charge in [-0.05, 0) is 154 Å². The van der Waals surface area contributed by atoms with Crippen molar-refractivity contribution in [3.8, 4) is 0 Å². The standard InChI is InChI=1S/C62H46N2O3/c1-37(2)39-17-23-46(24-18-39)63(47-25-19-40(20-26-47)38(3)4)48-27-21-41-31-52-54-35-61-55(36-60(54)65-58(52)33-43(41)29-48)53-32-42-22-28-49(30-44(42)34-59(53)66-61)64(45-11-6-5-7-12-45)56-15-10-14-51-50-13-8-9-16-57(50)67-62(51)56/h5-38H,1-4H3. The van der Waals surface area contributed by atoms with Crippen LogP contribution in [0.25, 0.3) is 87.4 Å². The molecule has 5 heteroatoms. The molecule has 0 spiro atoms. The van der Waals surface area contributed by atoms with Crippen LogP contribution in [0.3, 0.4) is 0 Å². The van der Waals surface area contributed by atoms with Crippen molar-refractivity contribution < 1.29 is 13.3 Å². The molecule has 0 unspecified atom stereocenters. The van der Waals surface area contributed by atoms with Crippen LogP contribution in [0.5, 0.6) is 0 Å². The lowest BCUT2D eigenvalue weighted by atomic mass is 10.0. The minimum Gasteiger partial charge on any atom is -0.456 e. The maximum Gasteiger partial charge on any atom is 0.159 e. The molecule has 0 aliphatic heterocycles. The number of benzene rings is 10. The van der Waals surface area contributed by atoms with Crippen LogP contribution in [0.4, 0.5) is 34.1 Å². The maximum absolute atomic E-state index is 6.73. The fourth-order valence-electron chi connectivity index (χ4n) is 10.2. The van der Waals surface area contributed by atoms with E-state index in [-0.39, 0.29) is 0 Å². The van der Waals surface area contributed by atoms with E-state index in [9.17, 15) is 0 Å². The highest BCUT2D eigenvalue weighted by molar-refractivity contribution is 6.18. The number of para-hydroxylation sites is 3. The molecule has 322 valence electrons. The van der Waals surface area contributed by atoms with Gasteiger partial charge < -0.3 is 23.1 Å². The molecule has 0 N–H and O–H groups in total. The summed E-state index contributed by atoms with van der Waals surface area (Å²) in [5.74, 6) is 0.928. The molecule has 0 aliphatic rings. The van der Waals surface area contributed by atoms with Crippen molar-refractivity contribution in [2.24, 2.45) is 0 Å². The second kappa shape index (κ2) is 15.1. The molecule has 3 aromatic heterocycles. The van der Waals surface area contributed by atoms with Gasteiger partial charge in [-0.25, -0.2) is 0 Å². The molecule has 5 nitrogen and oxygen atoms in total. The molecule has 10 aromatic carbocycles. The number of hydrogen-bond acceptors (Lipinski definition) is 5. The van der Waals surface area contributed by atoms with Crippen LogP contribution in [0.1, 0.15) is 50.7 Å². The van der Waals surface area contributed by atoms with Crippen LogP contribution < -0.4 is 9.80 Å². The highest BCUT2D eigenvalue weighted by Gasteiger charge is 2.21. The second-order valence-electron chi connectivity index (χ2n) is 18.6. The van der Waals surface area contributed by atoms with Crippen molar-refractivity contribution in [1.82, 2.24) is 0 Å². The largest absolute Gasteiger partial charge is 0.456 e. The van der Waals surface area contributed by atoms with Crippen molar-refractivity contribution in [3.63, 3.8) is 0 Å². The molecule has 3 heterocycles. The maximum atomic E-state index is 6.73. The molecular formula is C62H46N2O3. The molecule has 0 radical (unpaired) electrons. The van der Waals surface area contributed by atoms with Crippen LogP contribution in [-0.2, 0) is 0 Å². The molecular weight excluding hydrogens is 821 g/mol. The smallest absolute Gasteiger partial charge is 0.159 e. The third-order valence-electron chi connectivity index (χ3n) is 13.7. The fraction of sp³-hybridized carbons (Fsp3) is 0.0968. The van der Waals surface area contributed by atoms with Crippen molar-refractivity contribution in [2.75, 3.05) is 9.80 Å². The Morgan fingerprint density at radius 1 is 0.299 bits per heavy atom. The molecule has 0 saturated heterocycles. The molecule has 0 saturated carbocycles. The van der Waals surface area contributed by atoms with Gasteiger partial charge in [0.2, 0.25) is 0 Å². The van der Waals surface area contributed by atoms with Gasteiger partial charge in [0.1, 0.15) is 27.9 Å². The minimum absolute atomic E-state index is 0.464. The lowest BCUT2D eigenvalue weighted by Gasteiger charge is -2.26. The number of rotatable bonds is 8. The van der Waals surface area contributed by atoms with Gasteiger partial charge in [0.15, 0.2) is 5.58 Å². The zero-order valence-corrected chi connectivity index (χ0v) is 37.7. The van der Waals surface area contributed by atoms with Gasteiger partial charge in [-0.2, -0.15) is 0 Å². The zero-order valence-electron chi connectivity index (χ0n) is 37.7. The number of anilines is 6. The van der Waals surface area contributed by atoms with Crippen molar-refractivity contribution in [2.45, 2.75) is 39.5 Å². The van der Waals surface area contributed by atoms with E-state index in [0.29, 0.717) is 11.8 Å². The first-order valence-electron chi connectivity index (χ1n) is 23.3. The van der Waals surface area contributed by atoms with E-state index in [1.54, 1.807) is 0 Å². The predicted molar refractivity (Wildman–Crippen MR) is 281 cm³/mol. The molecule has 0 amide bonds. The second-order valence-corrected chi connectivity index (χ2v) is 18.6. The lowest BCUT2D eigenvalue weighted by Crippen LogP contribution is -2.10. The van der Waals surface area contributed by atoms with Gasteiger partial charge in [0, 0.05) is 60.8 Å². The van der Waals surface area contributed by atoms with Crippen molar-refractivity contribution in [3.05, 3.63) is 205 Å². The highest BCUT2D eigenvalue weighted by atomic mass is 16.3. The molecule has 13 rings (SSSR count). The number of nitrogens with zero attached hydrogens (tertiary/aromatic N) is 2. The third-order valence-corrected chi connectivity index (χ3v) is 13.7. The molecule has 0 fully saturated rings. The van der Waals surface area contributed by atoms with Gasteiger partial charge in [-0.15, -0.1) is 0 Å². The Hall–Kier alpha value is -8.28. The summed E-state index contributed by atoms with van der Waals surface area (Å²) in [6.07, 6.45) is 0. The quantitative estimate of drug-likeness (QED) is 0.152. The van der Waals surface area contributed by atoms with E-state index < -0.39 is 0 Å². The average Bonchev–Trinajstić information content (AvgIpc) is 4.03. The fourth-order valence-corrected chi connectivity index (χ4v) is 10.2. The van der Waals surface area contributed by atoms with Crippen LogP contribution in [0.2, 0.25) is 0 Å². The van der Waals surface area contributed by atoms with Crippen molar-refractivity contribution in [1.29, 1.82) is 0 Å². The van der Waals surface area contributed by atoms with Crippen LogP contribution in [0, 0.1) is 0 Å². The summed E-state index contributed by atoms with van der Waals surface area (Å²) in [6.45, 7) is 8.95. The normalized spacial score (nSPS) is 12.1. The van der Waals surface area contributed by atoms with E-state index in [2.05, 4.69) is 219 Å². The van der Waals surface area contributed by atoms with Crippen LogP contribution >= 0.6 is 0 Å². The molecule has 0 bridgehead atoms. The summed E-state index contributed by atoms with van der Waals surface area (Å²) in [7, 11) is 0. The van der Waals surface area contributed by atoms with Gasteiger partial charge in [0.05, 0.1) is 5.69 Å².